The van der Waals surface area contributed by atoms with Gasteiger partial charge in [0.15, 0.2) is 0 Å². The molecule has 0 amide bonds. The summed E-state index contributed by atoms with van der Waals surface area (Å²) in [6.07, 6.45) is 8.24. The quantitative estimate of drug-likeness (QED) is 0.532. The van der Waals surface area contributed by atoms with E-state index in [2.05, 4.69) is 19.2 Å². The zero-order valence-electron chi connectivity index (χ0n) is 12.7. The molecule has 1 atom stereocenters. The Bertz CT molecular complexity index is 381. The standard InChI is InChI=1S/C17H27ClFN/c1-3-5-6-7-8-9-17(20-12-4-2)15-11-10-14(18)13-16(15)19/h10-11,13,17,20H,3-9,12H2,1-2H3. The zero-order chi connectivity index (χ0) is 14.8. The molecule has 0 radical (unpaired) electrons. The van der Waals surface area contributed by atoms with Crippen LogP contribution in [0.5, 0.6) is 0 Å². The molecule has 0 bridgehead atoms. The van der Waals surface area contributed by atoms with Gasteiger partial charge in [0.25, 0.3) is 0 Å². The first-order valence-electron chi connectivity index (χ1n) is 7.87. The van der Waals surface area contributed by atoms with Crippen LogP contribution >= 0.6 is 11.6 Å². The highest BCUT2D eigenvalue weighted by Crippen LogP contribution is 2.25. The Morgan fingerprint density at radius 1 is 1.10 bits per heavy atom. The molecule has 0 saturated heterocycles. The van der Waals surface area contributed by atoms with Crippen LogP contribution in [0.2, 0.25) is 5.02 Å². The van der Waals surface area contributed by atoms with Crippen LogP contribution in [0, 0.1) is 5.82 Å². The molecule has 3 heteroatoms. The fourth-order valence-corrected chi connectivity index (χ4v) is 2.58. The molecular weight excluding hydrogens is 273 g/mol. The molecule has 0 fully saturated rings. The van der Waals surface area contributed by atoms with Crippen LogP contribution in [-0.2, 0) is 0 Å². The van der Waals surface area contributed by atoms with Gasteiger partial charge in [0.1, 0.15) is 5.82 Å². The Morgan fingerprint density at radius 3 is 2.50 bits per heavy atom. The van der Waals surface area contributed by atoms with Crippen molar-refractivity contribution < 1.29 is 4.39 Å². The molecule has 1 nitrogen and oxygen atoms in total. The summed E-state index contributed by atoms with van der Waals surface area (Å²) < 4.78 is 14.0. The Balaban J connectivity index is 2.58. The fraction of sp³-hybridized carbons (Fsp3) is 0.647. The Labute approximate surface area is 127 Å². The molecule has 1 N–H and O–H groups in total. The van der Waals surface area contributed by atoms with E-state index in [9.17, 15) is 4.39 Å². The Morgan fingerprint density at radius 2 is 1.85 bits per heavy atom. The molecule has 114 valence electrons. The largest absolute Gasteiger partial charge is 0.310 e. The second-order valence-corrected chi connectivity index (χ2v) is 5.81. The molecular formula is C17H27ClFN. The number of hydrogen-bond donors (Lipinski definition) is 1. The van der Waals surface area contributed by atoms with Gasteiger partial charge in [0.2, 0.25) is 0 Å². The molecule has 1 aromatic rings. The van der Waals surface area contributed by atoms with Crippen LogP contribution in [-0.4, -0.2) is 6.54 Å². The predicted molar refractivity (Wildman–Crippen MR) is 85.8 cm³/mol. The molecule has 1 aromatic carbocycles. The van der Waals surface area contributed by atoms with Crippen molar-refractivity contribution in [3.8, 4) is 0 Å². The minimum atomic E-state index is -0.195. The number of hydrogen-bond acceptors (Lipinski definition) is 1. The number of nitrogens with one attached hydrogen (secondary N) is 1. The van der Waals surface area contributed by atoms with Gasteiger partial charge in [-0.1, -0.05) is 63.6 Å². The van der Waals surface area contributed by atoms with E-state index in [0.717, 1.165) is 31.4 Å². The fourth-order valence-electron chi connectivity index (χ4n) is 2.42. The van der Waals surface area contributed by atoms with E-state index in [1.165, 1.54) is 31.7 Å². The number of rotatable bonds is 10. The lowest BCUT2D eigenvalue weighted by Gasteiger charge is -2.20. The van der Waals surface area contributed by atoms with Gasteiger partial charge in [-0.25, -0.2) is 4.39 Å². The molecule has 0 heterocycles. The van der Waals surface area contributed by atoms with Gasteiger partial charge >= 0.3 is 0 Å². The summed E-state index contributed by atoms with van der Waals surface area (Å²) >= 11 is 5.83. The normalized spacial score (nSPS) is 12.6. The van der Waals surface area contributed by atoms with Crippen molar-refractivity contribution in [2.24, 2.45) is 0 Å². The van der Waals surface area contributed by atoms with Crippen molar-refractivity contribution in [3.05, 3.63) is 34.6 Å². The zero-order valence-corrected chi connectivity index (χ0v) is 13.5. The number of unbranched alkanes of at least 4 members (excludes halogenated alkanes) is 4. The predicted octanol–water partition coefficient (Wildman–Crippen LogP) is 5.88. The highest BCUT2D eigenvalue weighted by atomic mass is 35.5. The third-order valence-corrected chi connectivity index (χ3v) is 3.81. The van der Waals surface area contributed by atoms with Crippen LogP contribution in [0.1, 0.15) is 70.4 Å². The van der Waals surface area contributed by atoms with E-state index in [4.69, 9.17) is 11.6 Å². The highest BCUT2D eigenvalue weighted by molar-refractivity contribution is 6.30. The number of benzene rings is 1. The van der Waals surface area contributed by atoms with Crippen molar-refractivity contribution in [1.29, 1.82) is 0 Å². The van der Waals surface area contributed by atoms with Crippen LogP contribution in [0.15, 0.2) is 18.2 Å². The topological polar surface area (TPSA) is 12.0 Å². The van der Waals surface area contributed by atoms with Crippen molar-refractivity contribution >= 4 is 11.6 Å². The van der Waals surface area contributed by atoms with Crippen molar-refractivity contribution in [2.45, 2.75) is 64.8 Å². The summed E-state index contributed by atoms with van der Waals surface area (Å²) in [7, 11) is 0. The number of halogens is 2. The smallest absolute Gasteiger partial charge is 0.129 e. The summed E-state index contributed by atoms with van der Waals surface area (Å²) in [6.45, 7) is 5.26. The van der Waals surface area contributed by atoms with Gasteiger partial charge in [-0.05, 0) is 31.5 Å². The van der Waals surface area contributed by atoms with E-state index in [0.29, 0.717) is 5.02 Å². The third-order valence-electron chi connectivity index (χ3n) is 3.58. The summed E-state index contributed by atoms with van der Waals surface area (Å²) in [6, 6.07) is 5.11. The van der Waals surface area contributed by atoms with Crippen molar-refractivity contribution in [2.75, 3.05) is 6.54 Å². The first-order valence-corrected chi connectivity index (χ1v) is 8.25. The first-order chi connectivity index (χ1) is 9.69. The van der Waals surface area contributed by atoms with Crippen molar-refractivity contribution in [3.63, 3.8) is 0 Å². The van der Waals surface area contributed by atoms with Gasteiger partial charge in [0, 0.05) is 16.6 Å². The van der Waals surface area contributed by atoms with Gasteiger partial charge in [-0.2, -0.15) is 0 Å². The lowest BCUT2D eigenvalue weighted by atomic mass is 9.99. The Kier molecular flexibility index (Phi) is 8.88. The lowest BCUT2D eigenvalue weighted by molar-refractivity contribution is 0.450. The third kappa shape index (κ3) is 6.23. The summed E-state index contributed by atoms with van der Waals surface area (Å²) in [5.74, 6) is -0.195. The molecule has 20 heavy (non-hydrogen) atoms. The van der Waals surface area contributed by atoms with Crippen LogP contribution < -0.4 is 5.32 Å². The molecule has 0 aliphatic carbocycles. The van der Waals surface area contributed by atoms with Crippen LogP contribution in [0.3, 0.4) is 0 Å². The molecule has 0 aliphatic rings. The van der Waals surface area contributed by atoms with E-state index < -0.39 is 0 Å². The van der Waals surface area contributed by atoms with E-state index in [1.54, 1.807) is 6.07 Å². The maximum atomic E-state index is 14.0. The summed E-state index contributed by atoms with van der Waals surface area (Å²) in [4.78, 5) is 0. The summed E-state index contributed by atoms with van der Waals surface area (Å²) in [5, 5.41) is 3.92. The van der Waals surface area contributed by atoms with Crippen LogP contribution in [0.25, 0.3) is 0 Å². The maximum Gasteiger partial charge on any atom is 0.129 e. The molecule has 1 unspecified atom stereocenters. The van der Waals surface area contributed by atoms with E-state index in [-0.39, 0.29) is 11.9 Å². The molecule has 0 spiro atoms. The maximum absolute atomic E-state index is 14.0. The monoisotopic (exact) mass is 299 g/mol. The molecule has 0 aromatic heterocycles. The van der Waals surface area contributed by atoms with E-state index >= 15 is 0 Å². The Hall–Kier alpha value is -0.600. The second-order valence-electron chi connectivity index (χ2n) is 5.38. The molecule has 0 saturated carbocycles. The lowest BCUT2D eigenvalue weighted by Crippen LogP contribution is -2.23. The SMILES string of the molecule is CCCCCCCC(NCCC)c1ccc(Cl)cc1F. The van der Waals surface area contributed by atoms with Crippen LogP contribution in [0.4, 0.5) is 4.39 Å². The second kappa shape index (κ2) is 10.2. The van der Waals surface area contributed by atoms with Gasteiger partial charge in [-0.15, -0.1) is 0 Å². The van der Waals surface area contributed by atoms with Gasteiger partial charge in [-0.3, -0.25) is 0 Å². The minimum Gasteiger partial charge on any atom is -0.310 e. The average Bonchev–Trinajstić information content (AvgIpc) is 2.43. The molecule has 1 rings (SSSR count). The first kappa shape index (κ1) is 17.5. The van der Waals surface area contributed by atoms with Gasteiger partial charge in [0.05, 0.1) is 0 Å². The average molecular weight is 300 g/mol. The van der Waals surface area contributed by atoms with E-state index in [1.807, 2.05) is 6.07 Å². The van der Waals surface area contributed by atoms with Gasteiger partial charge < -0.3 is 5.32 Å². The highest BCUT2D eigenvalue weighted by Gasteiger charge is 2.15. The van der Waals surface area contributed by atoms with Crippen molar-refractivity contribution in [1.82, 2.24) is 5.32 Å². The minimum absolute atomic E-state index is 0.105. The molecule has 0 aliphatic heterocycles. The summed E-state index contributed by atoms with van der Waals surface area (Å²) in [5.41, 5.74) is 0.748.